The summed E-state index contributed by atoms with van der Waals surface area (Å²) in [5.41, 5.74) is -0.328. The number of aliphatic hydroxyl groups excluding tert-OH is 3. The molecule has 0 amide bonds. The molecule has 0 radical (unpaired) electrons. The van der Waals surface area contributed by atoms with Crippen LogP contribution >= 0.6 is 0 Å². The third kappa shape index (κ3) is 3.21. The van der Waals surface area contributed by atoms with Gasteiger partial charge in [-0.25, -0.2) is 9.97 Å². The molecule has 6 nitrogen and oxygen atoms in total. The number of aryl methyl sites for hydroxylation is 1. The molecule has 0 aliphatic heterocycles. The molecule has 0 aliphatic rings. The molecule has 4 N–H and O–H groups in total. The van der Waals surface area contributed by atoms with Crippen LogP contribution in [0.3, 0.4) is 0 Å². The lowest BCUT2D eigenvalue weighted by molar-refractivity contribution is 0.0411. The van der Waals surface area contributed by atoms with Crippen LogP contribution in [-0.4, -0.2) is 50.6 Å². The molecular formula is C10H17N3O3. The van der Waals surface area contributed by atoms with Crippen molar-refractivity contribution < 1.29 is 15.3 Å². The van der Waals surface area contributed by atoms with Gasteiger partial charge in [0.2, 0.25) is 0 Å². The first-order valence-electron chi connectivity index (χ1n) is 5.02. The Balaban J connectivity index is 2.62. The lowest BCUT2D eigenvalue weighted by atomic mass is 10.0. The molecule has 0 aromatic carbocycles. The third-order valence-electron chi connectivity index (χ3n) is 2.39. The fourth-order valence-electron chi connectivity index (χ4n) is 1.20. The summed E-state index contributed by atoms with van der Waals surface area (Å²) in [6.45, 7) is 1.10. The second-order valence-corrected chi connectivity index (χ2v) is 3.70. The van der Waals surface area contributed by atoms with Crippen LogP contribution in [-0.2, 0) is 6.54 Å². The van der Waals surface area contributed by atoms with E-state index >= 15 is 0 Å². The zero-order chi connectivity index (χ0) is 12.0. The SMILES string of the molecule is Cc1nccc(CNC(CO)(CO)CO)n1. The Hall–Kier alpha value is -1.08. The van der Waals surface area contributed by atoms with Crippen molar-refractivity contribution in [1.82, 2.24) is 15.3 Å². The molecule has 0 unspecified atom stereocenters. The number of hydrogen-bond acceptors (Lipinski definition) is 6. The van der Waals surface area contributed by atoms with Gasteiger partial charge in [0.05, 0.1) is 31.1 Å². The number of hydrogen-bond donors (Lipinski definition) is 4. The van der Waals surface area contributed by atoms with Crippen LogP contribution < -0.4 is 5.32 Å². The molecule has 1 rings (SSSR count). The second kappa shape index (κ2) is 5.86. The summed E-state index contributed by atoms with van der Waals surface area (Å²) in [5, 5.41) is 30.2. The molecule has 0 saturated heterocycles. The van der Waals surface area contributed by atoms with Crippen LogP contribution in [0.4, 0.5) is 0 Å². The minimum Gasteiger partial charge on any atom is -0.394 e. The smallest absolute Gasteiger partial charge is 0.125 e. The van der Waals surface area contributed by atoms with Gasteiger partial charge >= 0.3 is 0 Å². The van der Waals surface area contributed by atoms with E-state index in [4.69, 9.17) is 15.3 Å². The van der Waals surface area contributed by atoms with Gasteiger partial charge in [-0.15, -0.1) is 0 Å². The summed E-state index contributed by atoms with van der Waals surface area (Å²) in [5.74, 6) is 0.655. The van der Waals surface area contributed by atoms with Gasteiger partial charge in [-0.3, -0.25) is 5.32 Å². The van der Waals surface area contributed by atoms with E-state index in [-0.39, 0.29) is 19.8 Å². The van der Waals surface area contributed by atoms with Gasteiger partial charge in [0.15, 0.2) is 0 Å². The van der Waals surface area contributed by atoms with E-state index in [0.29, 0.717) is 12.4 Å². The van der Waals surface area contributed by atoms with E-state index < -0.39 is 5.54 Å². The first kappa shape index (κ1) is 13.0. The first-order valence-corrected chi connectivity index (χ1v) is 5.02. The number of nitrogens with one attached hydrogen (secondary N) is 1. The van der Waals surface area contributed by atoms with Crippen LogP contribution in [0.25, 0.3) is 0 Å². The molecule has 1 aromatic heterocycles. The molecular weight excluding hydrogens is 210 g/mol. The molecule has 0 atom stereocenters. The lowest BCUT2D eigenvalue weighted by Gasteiger charge is -2.28. The van der Waals surface area contributed by atoms with E-state index in [0.717, 1.165) is 5.69 Å². The number of nitrogens with zero attached hydrogens (tertiary/aromatic N) is 2. The van der Waals surface area contributed by atoms with Crippen LogP contribution in [0, 0.1) is 6.92 Å². The van der Waals surface area contributed by atoms with Gasteiger partial charge in [-0.2, -0.15) is 0 Å². The van der Waals surface area contributed by atoms with Gasteiger partial charge in [-0.1, -0.05) is 0 Å². The van der Waals surface area contributed by atoms with Crippen molar-refractivity contribution >= 4 is 0 Å². The highest BCUT2D eigenvalue weighted by molar-refractivity contribution is 5.02. The van der Waals surface area contributed by atoms with Crippen molar-refractivity contribution in [2.75, 3.05) is 19.8 Å². The molecule has 0 saturated carbocycles. The zero-order valence-electron chi connectivity index (χ0n) is 9.22. The Morgan fingerprint density at radius 2 is 1.88 bits per heavy atom. The van der Waals surface area contributed by atoms with Crippen molar-refractivity contribution in [3.8, 4) is 0 Å². The van der Waals surface area contributed by atoms with Crippen LogP contribution in [0.2, 0.25) is 0 Å². The van der Waals surface area contributed by atoms with Gasteiger partial charge in [-0.05, 0) is 13.0 Å². The van der Waals surface area contributed by atoms with Crippen molar-refractivity contribution in [3.05, 3.63) is 23.8 Å². The normalized spacial score (nSPS) is 11.8. The molecule has 16 heavy (non-hydrogen) atoms. The topological polar surface area (TPSA) is 98.5 Å². The van der Waals surface area contributed by atoms with Gasteiger partial charge < -0.3 is 15.3 Å². The molecule has 0 spiro atoms. The Morgan fingerprint density at radius 3 is 2.38 bits per heavy atom. The Bertz CT molecular complexity index is 321. The standard InChI is InChI=1S/C10H17N3O3/c1-8-11-3-2-9(13-8)4-12-10(5-14,6-15)7-16/h2-3,12,14-16H,4-7H2,1H3. The number of aliphatic hydroxyl groups is 3. The minimum absolute atomic E-state index is 0.343. The van der Waals surface area contributed by atoms with Gasteiger partial charge in [0.25, 0.3) is 0 Å². The Kier molecular flexibility index (Phi) is 4.75. The van der Waals surface area contributed by atoms with E-state index in [9.17, 15) is 0 Å². The summed E-state index contributed by atoms with van der Waals surface area (Å²) in [7, 11) is 0. The highest BCUT2D eigenvalue weighted by Gasteiger charge is 2.27. The second-order valence-electron chi connectivity index (χ2n) is 3.70. The fourth-order valence-corrected chi connectivity index (χ4v) is 1.20. The molecule has 90 valence electrons. The van der Waals surface area contributed by atoms with Crippen LogP contribution in [0.5, 0.6) is 0 Å². The average Bonchev–Trinajstić information content (AvgIpc) is 2.32. The van der Waals surface area contributed by atoms with Gasteiger partial charge in [0, 0.05) is 12.7 Å². The molecule has 1 aromatic rings. The highest BCUT2D eigenvalue weighted by Crippen LogP contribution is 2.04. The zero-order valence-corrected chi connectivity index (χ0v) is 9.22. The summed E-state index contributed by atoms with van der Waals surface area (Å²) in [6, 6.07) is 1.73. The van der Waals surface area contributed by atoms with Crippen molar-refractivity contribution in [3.63, 3.8) is 0 Å². The van der Waals surface area contributed by atoms with Crippen LogP contribution in [0.15, 0.2) is 12.3 Å². The Morgan fingerprint density at radius 1 is 1.25 bits per heavy atom. The summed E-state index contributed by atoms with van der Waals surface area (Å²) in [4.78, 5) is 8.12. The molecule has 0 aliphatic carbocycles. The third-order valence-corrected chi connectivity index (χ3v) is 2.39. The largest absolute Gasteiger partial charge is 0.394 e. The van der Waals surface area contributed by atoms with Crippen LogP contribution in [0.1, 0.15) is 11.5 Å². The summed E-state index contributed by atoms with van der Waals surface area (Å²) >= 11 is 0. The molecule has 0 bridgehead atoms. The monoisotopic (exact) mass is 227 g/mol. The molecule has 6 heteroatoms. The van der Waals surface area contributed by atoms with E-state index in [1.165, 1.54) is 0 Å². The predicted octanol–water partition coefficient (Wildman–Crippen LogP) is -1.41. The summed E-state index contributed by atoms with van der Waals surface area (Å²) in [6.07, 6.45) is 1.64. The van der Waals surface area contributed by atoms with Crippen molar-refractivity contribution in [2.45, 2.75) is 19.0 Å². The van der Waals surface area contributed by atoms with Gasteiger partial charge in [0.1, 0.15) is 5.82 Å². The lowest BCUT2D eigenvalue weighted by Crippen LogP contribution is -2.54. The molecule has 1 heterocycles. The highest BCUT2D eigenvalue weighted by atomic mass is 16.3. The minimum atomic E-state index is -1.07. The first-order chi connectivity index (χ1) is 7.65. The summed E-state index contributed by atoms with van der Waals surface area (Å²) < 4.78 is 0. The van der Waals surface area contributed by atoms with Crippen molar-refractivity contribution in [2.24, 2.45) is 0 Å². The maximum Gasteiger partial charge on any atom is 0.125 e. The average molecular weight is 227 g/mol. The molecule has 0 fully saturated rings. The number of aromatic nitrogens is 2. The van der Waals surface area contributed by atoms with Crippen molar-refractivity contribution in [1.29, 1.82) is 0 Å². The fraction of sp³-hybridized carbons (Fsp3) is 0.600. The Labute approximate surface area is 94.0 Å². The maximum absolute atomic E-state index is 9.09. The van der Waals surface area contributed by atoms with E-state index in [1.54, 1.807) is 19.2 Å². The van der Waals surface area contributed by atoms with E-state index in [2.05, 4.69) is 15.3 Å². The number of rotatable bonds is 6. The quantitative estimate of drug-likeness (QED) is 0.476. The predicted molar refractivity (Wildman–Crippen MR) is 57.6 cm³/mol. The van der Waals surface area contributed by atoms with E-state index in [1.807, 2.05) is 0 Å². The maximum atomic E-state index is 9.09.